The Morgan fingerprint density at radius 1 is 1.33 bits per heavy atom. The Morgan fingerprint density at radius 3 is 2.67 bits per heavy atom. The molecule has 0 saturated carbocycles. The molecule has 1 aliphatic heterocycles. The predicted molar refractivity (Wildman–Crippen MR) is 92.0 cm³/mol. The molecule has 0 saturated heterocycles. The van der Waals surface area contributed by atoms with Crippen LogP contribution < -0.4 is 0 Å². The fraction of sp³-hybridized carbons (Fsp3) is 0.333. The summed E-state index contributed by atoms with van der Waals surface area (Å²) in [7, 11) is 1.34. The Bertz CT molecular complexity index is 660. The first-order chi connectivity index (χ1) is 11.5. The third-order valence-electron chi connectivity index (χ3n) is 3.48. The number of esters is 2. The summed E-state index contributed by atoms with van der Waals surface area (Å²) in [5.74, 6) is -0.593. The summed E-state index contributed by atoms with van der Waals surface area (Å²) in [5.41, 5.74) is 0.758. The second-order valence-corrected chi connectivity index (χ2v) is 6.03. The lowest BCUT2D eigenvalue weighted by Crippen LogP contribution is -2.20. The number of allylic oxidation sites excluding steroid dienone is 2. The van der Waals surface area contributed by atoms with Gasteiger partial charge in [0.2, 0.25) is 0 Å². The molecular weight excluding hydrogens is 376 g/mol. The summed E-state index contributed by atoms with van der Waals surface area (Å²) in [6.07, 6.45) is 4.43. The standard InChI is InChI=1S/C18H19BrO5/c1-3-23-16(20)11-14-5-4-6-15(24-14)17(18(21)22-2)12-7-9-13(19)10-8-12/h6-11,17H,3-5H2,1-2H3/b14-11-. The molecule has 1 unspecified atom stereocenters. The van der Waals surface area contributed by atoms with Crippen molar-refractivity contribution >= 4 is 27.9 Å². The molecule has 128 valence electrons. The summed E-state index contributed by atoms with van der Waals surface area (Å²) < 4.78 is 16.5. The molecule has 0 spiro atoms. The van der Waals surface area contributed by atoms with E-state index in [9.17, 15) is 9.59 Å². The van der Waals surface area contributed by atoms with Crippen molar-refractivity contribution in [1.29, 1.82) is 0 Å². The molecule has 0 fully saturated rings. The lowest BCUT2D eigenvalue weighted by molar-refractivity contribution is -0.142. The Balaban J connectivity index is 2.26. The van der Waals surface area contributed by atoms with Crippen LogP contribution in [0.25, 0.3) is 0 Å². The number of halogens is 1. The highest BCUT2D eigenvalue weighted by atomic mass is 79.9. The number of benzene rings is 1. The number of hydrogen-bond donors (Lipinski definition) is 0. The first-order valence-corrected chi connectivity index (χ1v) is 8.43. The van der Waals surface area contributed by atoms with Crippen molar-refractivity contribution in [2.75, 3.05) is 13.7 Å². The zero-order valence-electron chi connectivity index (χ0n) is 13.6. The molecule has 5 nitrogen and oxygen atoms in total. The molecule has 1 atom stereocenters. The van der Waals surface area contributed by atoms with Crippen LogP contribution >= 0.6 is 15.9 Å². The van der Waals surface area contributed by atoms with Crippen LogP contribution in [0.5, 0.6) is 0 Å². The van der Waals surface area contributed by atoms with Gasteiger partial charge in [-0.2, -0.15) is 0 Å². The first-order valence-electron chi connectivity index (χ1n) is 7.63. The number of ether oxygens (including phenoxy) is 3. The zero-order chi connectivity index (χ0) is 17.5. The SMILES string of the molecule is CCOC(=O)/C=C1/CCC=C(C(C(=O)OC)c2ccc(Br)cc2)O1. The normalized spacial score (nSPS) is 16.8. The van der Waals surface area contributed by atoms with Gasteiger partial charge in [0.1, 0.15) is 17.4 Å². The number of rotatable bonds is 5. The monoisotopic (exact) mass is 394 g/mol. The highest BCUT2D eigenvalue weighted by molar-refractivity contribution is 9.10. The molecule has 0 radical (unpaired) electrons. The van der Waals surface area contributed by atoms with E-state index in [1.807, 2.05) is 30.3 Å². The smallest absolute Gasteiger partial charge is 0.334 e. The van der Waals surface area contributed by atoms with Crippen molar-refractivity contribution in [3.8, 4) is 0 Å². The van der Waals surface area contributed by atoms with Gasteiger partial charge in [-0.25, -0.2) is 4.79 Å². The maximum Gasteiger partial charge on any atom is 0.334 e. The van der Waals surface area contributed by atoms with Gasteiger partial charge in [-0.3, -0.25) is 4.79 Å². The van der Waals surface area contributed by atoms with Gasteiger partial charge in [-0.05, 0) is 37.1 Å². The Kier molecular flexibility index (Phi) is 6.61. The lowest BCUT2D eigenvalue weighted by atomic mass is 9.95. The fourth-order valence-corrected chi connectivity index (χ4v) is 2.65. The van der Waals surface area contributed by atoms with E-state index in [1.165, 1.54) is 13.2 Å². The van der Waals surface area contributed by atoms with E-state index in [0.717, 1.165) is 10.0 Å². The number of methoxy groups -OCH3 is 1. The minimum absolute atomic E-state index is 0.301. The largest absolute Gasteiger partial charge is 0.468 e. The fourth-order valence-electron chi connectivity index (χ4n) is 2.38. The van der Waals surface area contributed by atoms with E-state index in [-0.39, 0.29) is 0 Å². The molecule has 0 amide bonds. The lowest BCUT2D eigenvalue weighted by Gasteiger charge is -2.23. The number of carbonyl (C=O) groups excluding carboxylic acids is 2. The van der Waals surface area contributed by atoms with Gasteiger partial charge in [-0.15, -0.1) is 0 Å². The van der Waals surface area contributed by atoms with Crippen LogP contribution in [0.3, 0.4) is 0 Å². The van der Waals surface area contributed by atoms with Crippen molar-refractivity contribution in [3.05, 3.63) is 58.0 Å². The minimum Gasteiger partial charge on any atom is -0.468 e. The average Bonchev–Trinajstić information content (AvgIpc) is 2.57. The Labute approximate surface area is 149 Å². The van der Waals surface area contributed by atoms with Gasteiger partial charge in [0, 0.05) is 10.9 Å². The summed E-state index contributed by atoms with van der Waals surface area (Å²) in [6, 6.07) is 7.37. The molecule has 1 aliphatic rings. The van der Waals surface area contributed by atoms with Crippen molar-refractivity contribution < 1.29 is 23.8 Å². The minimum atomic E-state index is -0.672. The van der Waals surface area contributed by atoms with Crippen LogP contribution in [-0.2, 0) is 23.8 Å². The average molecular weight is 395 g/mol. The van der Waals surface area contributed by atoms with Gasteiger partial charge in [0.05, 0.1) is 19.8 Å². The highest BCUT2D eigenvalue weighted by Gasteiger charge is 2.29. The first kappa shape index (κ1) is 18.3. The molecule has 0 aliphatic carbocycles. The van der Waals surface area contributed by atoms with Gasteiger partial charge in [0.15, 0.2) is 0 Å². The van der Waals surface area contributed by atoms with E-state index >= 15 is 0 Å². The summed E-state index contributed by atoms with van der Waals surface area (Å²) >= 11 is 3.37. The van der Waals surface area contributed by atoms with Crippen LogP contribution in [0.2, 0.25) is 0 Å². The van der Waals surface area contributed by atoms with Crippen LogP contribution in [0.1, 0.15) is 31.2 Å². The van der Waals surface area contributed by atoms with Gasteiger partial charge < -0.3 is 14.2 Å². The highest BCUT2D eigenvalue weighted by Crippen LogP contribution is 2.33. The molecule has 24 heavy (non-hydrogen) atoms. The van der Waals surface area contributed by atoms with Crippen molar-refractivity contribution in [3.63, 3.8) is 0 Å². The van der Waals surface area contributed by atoms with Gasteiger partial charge in [-0.1, -0.05) is 28.1 Å². The molecule has 1 aromatic carbocycles. The molecule has 1 aromatic rings. The van der Waals surface area contributed by atoms with Crippen molar-refractivity contribution in [1.82, 2.24) is 0 Å². The molecule has 0 N–H and O–H groups in total. The summed E-state index contributed by atoms with van der Waals surface area (Å²) in [6.45, 7) is 2.04. The molecular formula is C18H19BrO5. The third kappa shape index (κ3) is 4.71. The van der Waals surface area contributed by atoms with Crippen LogP contribution in [-0.4, -0.2) is 25.7 Å². The Morgan fingerprint density at radius 2 is 2.04 bits per heavy atom. The molecule has 2 rings (SSSR count). The second kappa shape index (κ2) is 8.68. The summed E-state index contributed by atoms with van der Waals surface area (Å²) in [5, 5.41) is 0. The topological polar surface area (TPSA) is 61.8 Å². The Hall–Kier alpha value is -2.08. The van der Waals surface area contributed by atoms with Crippen molar-refractivity contribution in [2.24, 2.45) is 0 Å². The molecule has 0 bridgehead atoms. The van der Waals surface area contributed by atoms with Gasteiger partial charge in [0.25, 0.3) is 0 Å². The predicted octanol–water partition coefficient (Wildman–Crippen LogP) is 3.85. The molecule has 0 aromatic heterocycles. The van der Waals surface area contributed by atoms with E-state index in [4.69, 9.17) is 14.2 Å². The zero-order valence-corrected chi connectivity index (χ0v) is 15.2. The van der Waals surface area contributed by atoms with Crippen LogP contribution in [0.15, 0.2) is 52.4 Å². The second-order valence-electron chi connectivity index (χ2n) is 5.12. The quantitative estimate of drug-likeness (QED) is 0.560. The van der Waals surface area contributed by atoms with E-state index in [2.05, 4.69) is 15.9 Å². The van der Waals surface area contributed by atoms with Gasteiger partial charge >= 0.3 is 11.9 Å². The van der Waals surface area contributed by atoms with Crippen LogP contribution in [0.4, 0.5) is 0 Å². The summed E-state index contributed by atoms with van der Waals surface area (Å²) in [4.78, 5) is 23.9. The number of hydrogen-bond acceptors (Lipinski definition) is 5. The van der Waals surface area contributed by atoms with Crippen molar-refractivity contribution in [2.45, 2.75) is 25.7 Å². The maximum absolute atomic E-state index is 12.3. The third-order valence-corrected chi connectivity index (χ3v) is 4.00. The maximum atomic E-state index is 12.3. The number of carbonyl (C=O) groups is 2. The van der Waals surface area contributed by atoms with E-state index in [0.29, 0.717) is 31.0 Å². The van der Waals surface area contributed by atoms with E-state index in [1.54, 1.807) is 6.92 Å². The van der Waals surface area contributed by atoms with E-state index < -0.39 is 17.9 Å². The van der Waals surface area contributed by atoms with Crippen LogP contribution in [0, 0.1) is 0 Å². The molecule has 1 heterocycles. The molecule has 6 heteroatoms.